The van der Waals surface area contributed by atoms with Crippen molar-refractivity contribution in [1.82, 2.24) is 4.90 Å². The summed E-state index contributed by atoms with van der Waals surface area (Å²) < 4.78 is 19.2. The van der Waals surface area contributed by atoms with Crippen molar-refractivity contribution in [1.29, 1.82) is 0 Å². The molecule has 2 fully saturated rings. The van der Waals surface area contributed by atoms with Crippen LogP contribution < -0.4 is 9.47 Å². The molecule has 37 heavy (non-hydrogen) atoms. The van der Waals surface area contributed by atoms with Crippen LogP contribution >= 0.6 is 11.6 Å². The van der Waals surface area contributed by atoms with E-state index in [1.54, 1.807) is 6.07 Å². The molecular weight excluding hydrogens is 494 g/mol. The molecule has 0 saturated carbocycles. The average molecular weight is 528 g/mol. The Balaban J connectivity index is 1.38. The summed E-state index contributed by atoms with van der Waals surface area (Å²) in [6.45, 7) is 5.70. The van der Waals surface area contributed by atoms with Crippen LogP contribution in [0.25, 0.3) is 0 Å². The van der Waals surface area contributed by atoms with Gasteiger partial charge in [-0.05, 0) is 56.9 Å². The first-order valence-corrected chi connectivity index (χ1v) is 13.5. The Morgan fingerprint density at radius 1 is 1.24 bits per heavy atom. The summed E-state index contributed by atoms with van der Waals surface area (Å²) in [5.74, 6) is 0.666. The van der Waals surface area contributed by atoms with E-state index in [2.05, 4.69) is 0 Å². The summed E-state index contributed by atoms with van der Waals surface area (Å²) in [5, 5.41) is 10.1. The van der Waals surface area contributed by atoms with Crippen molar-refractivity contribution in [2.24, 2.45) is 11.8 Å². The Morgan fingerprint density at radius 2 is 2.05 bits per heavy atom. The maximum Gasteiger partial charge on any atom is 0.303 e. The summed E-state index contributed by atoms with van der Waals surface area (Å²) >= 11 is 6.11. The Morgan fingerprint density at radius 3 is 2.81 bits per heavy atom. The average Bonchev–Trinajstić information content (AvgIpc) is 2.87. The highest BCUT2D eigenvalue weighted by molar-refractivity contribution is 6.30. The zero-order valence-corrected chi connectivity index (χ0v) is 22.1. The highest BCUT2D eigenvalue weighted by Crippen LogP contribution is 2.56. The fraction of sp³-hybridized carbons (Fsp3) is 0.517. The number of carboxylic acid groups (broad SMARTS) is 1. The molecule has 198 valence electrons. The summed E-state index contributed by atoms with van der Waals surface area (Å²) in [6, 6.07) is 13.3. The van der Waals surface area contributed by atoms with Crippen LogP contribution in [0.3, 0.4) is 0 Å². The topological polar surface area (TPSA) is 85.3 Å². The molecule has 8 heteroatoms. The standard InChI is InChI=1S/C29H34ClNO6/c1-3-35-24-9-5-8-21-27-22(29(2,37-28(21)24)12-10-26(33)34)16-19-17-31(13-11-23(19)36-27)25(32)15-18-6-4-7-20(30)14-18/h4-9,14,19,22-23,27H,3,10-13,15-17H2,1-2H3,(H,33,34)/t19-,22-,23-,27+,29+/m1/s1. The molecule has 5 atom stereocenters. The first-order valence-electron chi connectivity index (χ1n) is 13.1. The fourth-order valence-electron chi connectivity index (χ4n) is 6.20. The molecule has 1 amide bonds. The summed E-state index contributed by atoms with van der Waals surface area (Å²) in [6.07, 6.45) is 2.07. The van der Waals surface area contributed by atoms with Crippen molar-refractivity contribution >= 4 is 23.5 Å². The molecule has 0 spiro atoms. The van der Waals surface area contributed by atoms with Gasteiger partial charge in [0.25, 0.3) is 0 Å². The molecule has 3 aliphatic heterocycles. The number of nitrogens with zero attached hydrogens (tertiary/aromatic N) is 1. The Bertz CT molecular complexity index is 1170. The second-order valence-corrected chi connectivity index (χ2v) is 11.0. The van der Waals surface area contributed by atoms with E-state index in [4.69, 9.17) is 25.8 Å². The fourth-order valence-corrected chi connectivity index (χ4v) is 6.42. The van der Waals surface area contributed by atoms with Gasteiger partial charge in [0.15, 0.2) is 11.5 Å². The molecule has 2 saturated heterocycles. The van der Waals surface area contributed by atoms with E-state index in [-0.39, 0.29) is 36.4 Å². The van der Waals surface area contributed by atoms with Gasteiger partial charge in [-0.15, -0.1) is 0 Å². The van der Waals surface area contributed by atoms with Gasteiger partial charge < -0.3 is 24.2 Å². The number of likely N-dealkylation sites (tertiary alicyclic amines) is 1. The number of rotatable bonds is 7. The van der Waals surface area contributed by atoms with Gasteiger partial charge in [0.2, 0.25) is 5.91 Å². The zero-order chi connectivity index (χ0) is 26.2. The number of carbonyl (C=O) groups is 2. The van der Waals surface area contributed by atoms with E-state index in [0.717, 1.165) is 24.0 Å². The second kappa shape index (κ2) is 10.5. The lowest BCUT2D eigenvalue weighted by Gasteiger charge is -2.54. The van der Waals surface area contributed by atoms with Crippen LogP contribution in [-0.4, -0.2) is 53.3 Å². The van der Waals surface area contributed by atoms with E-state index >= 15 is 0 Å². The molecule has 5 rings (SSSR count). The molecule has 3 heterocycles. The third kappa shape index (κ3) is 5.30. The molecule has 7 nitrogen and oxygen atoms in total. The molecule has 1 N–H and O–H groups in total. The normalized spacial score (nSPS) is 28.4. The third-order valence-electron chi connectivity index (χ3n) is 8.08. The van der Waals surface area contributed by atoms with Gasteiger partial charge in [0, 0.05) is 41.9 Å². The maximum absolute atomic E-state index is 13.1. The number of hydrogen-bond donors (Lipinski definition) is 1. The lowest BCUT2D eigenvalue weighted by Crippen LogP contribution is -2.57. The molecule has 2 aromatic rings. The van der Waals surface area contributed by atoms with E-state index in [0.29, 0.717) is 49.1 Å². The maximum atomic E-state index is 13.1. The predicted octanol–water partition coefficient (Wildman–Crippen LogP) is 5.29. The molecular formula is C29H34ClNO6. The molecule has 2 aromatic carbocycles. The van der Waals surface area contributed by atoms with Gasteiger partial charge in [0.05, 0.1) is 25.2 Å². The minimum Gasteiger partial charge on any atom is -0.490 e. The van der Waals surface area contributed by atoms with Crippen LogP contribution in [0, 0.1) is 11.8 Å². The predicted molar refractivity (Wildman–Crippen MR) is 139 cm³/mol. The Labute approximate surface area is 222 Å². The van der Waals surface area contributed by atoms with E-state index in [1.807, 2.05) is 55.1 Å². The number of halogens is 1. The Kier molecular flexibility index (Phi) is 7.37. The first kappa shape index (κ1) is 25.9. The van der Waals surface area contributed by atoms with Gasteiger partial charge in [-0.1, -0.05) is 35.9 Å². The lowest BCUT2D eigenvalue weighted by molar-refractivity contribution is -0.194. The molecule has 0 aromatic heterocycles. The number of hydrogen-bond acceptors (Lipinski definition) is 5. The lowest BCUT2D eigenvalue weighted by atomic mass is 9.68. The van der Waals surface area contributed by atoms with Gasteiger partial charge in [-0.3, -0.25) is 9.59 Å². The summed E-state index contributed by atoms with van der Waals surface area (Å²) in [5.41, 5.74) is 1.13. The van der Waals surface area contributed by atoms with Crippen LogP contribution in [0.5, 0.6) is 11.5 Å². The smallest absolute Gasteiger partial charge is 0.303 e. The monoisotopic (exact) mass is 527 g/mol. The number of carboxylic acids is 1. The number of aliphatic carboxylic acids is 1. The van der Waals surface area contributed by atoms with Crippen LogP contribution in [0.2, 0.25) is 5.02 Å². The molecule has 0 aliphatic carbocycles. The van der Waals surface area contributed by atoms with Gasteiger partial charge in [-0.2, -0.15) is 0 Å². The second-order valence-electron chi connectivity index (χ2n) is 10.5. The van der Waals surface area contributed by atoms with E-state index in [1.165, 1.54) is 0 Å². The molecule has 0 unspecified atom stereocenters. The van der Waals surface area contributed by atoms with Crippen molar-refractivity contribution in [3.05, 3.63) is 58.6 Å². The van der Waals surface area contributed by atoms with Gasteiger partial charge in [-0.25, -0.2) is 0 Å². The number of fused-ring (bicyclic) bond motifs is 4. The van der Waals surface area contributed by atoms with Crippen LogP contribution in [0.4, 0.5) is 0 Å². The first-order chi connectivity index (χ1) is 17.8. The summed E-state index contributed by atoms with van der Waals surface area (Å²) in [7, 11) is 0. The van der Waals surface area contributed by atoms with E-state index < -0.39 is 11.6 Å². The van der Waals surface area contributed by atoms with Crippen LogP contribution in [0.1, 0.15) is 56.8 Å². The Hall–Kier alpha value is -2.77. The van der Waals surface area contributed by atoms with Crippen molar-refractivity contribution in [3.63, 3.8) is 0 Å². The zero-order valence-electron chi connectivity index (χ0n) is 21.3. The minimum atomic E-state index is -0.852. The van der Waals surface area contributed by atoms with Crippen LogP contribution in [0.15, 0.2) is 42.5 Å². The highest BCUT2D eigenvalue weighted by Gasteiger charge is 2.54. The van der Waals surface area contributed by atoms with Crippen LogP contribution in [-0.2, 0) is 20.7 Å². The number of ether oxygens (including phenoxy) is 3. The van der Waals surface area contributed by atoms with Crippen molar-refractivity contribution in [3.8, 4) is 11.5 Å². The quantitative estimate of drug-likeness (QED) is 0.526. The largest absolute Gasteiger partial charge is 0.490 e. The molecule has 3 aliphatic rings. The van der Waals surface area contributed by atoms with Gasteiger partial charge >= 0.3 is 5.97 Å². The number of carbonyl (C=O) groups excluding carboxylic acids is 1. The number of benzene rings is 2. The van der Waals surface area contributed by atoms with Gasteiger partial charge in [0.1, 0.15) is 5.60 Å². The van der Waals surface area contributed by atoms with Crippen molar-refractivity contribution < 1.29 is 28.9 Å². The van der Waals surface area contributed by atoms with E-state index in [9.17, 15) is 14.7 Å². The summed E-state index contributed by atoms with van der Waals surface area (Å²) in [4.78, 5) is 26.6. The van der Waals surface area contributed by atoms with Crippen molar-refractivity contribution in [2.75, 3.05) is 19.7 Å². The number of para-hydroxylation sites is 1. The number of amides is 1. The highest BCUT2D eigenvalue weighted by atomic mass is 35.5. The number of piperidine rings is 1. The molecule has 0 bridgehead atoms. The third-order valence-corrected chi connectivity index (χ3v) is 8.31. The minimum absolute atomic E-state index is 0.00416. The molecule has 0 radical (unpaired) electrons. The SMILES string of the molecule is CCOc1cccc2c1O[C@@](C)(CCC(=O)O)[C@@H]1C[C@@H]3CN(C(=O)Cc4cccc(Cl)c4)CC[C@H]3O[C@@H]21. The van der Waals surface area contributed by atoms with Crippen molar-refractivity contribution in [2.45, 2.75) is 63.8 Å².